The Kier molecular flexibility index (Phi) is 6.52. The van der Waals surface area contributed by atoms with E-state index >= 15 is 0 Å². The molecule has 0 saturated heterocycles. The van der Waals surface area contributed by atoms with Gasteiger partial charge >= 0.3 is 0 Å². The van der Waals surface area contributed by atoms with Gasteiger partial charge in [0.1, 0.15) is 0 Å². The van der Waals surface area contributed by atoms with Crippen molar-refractivity contribution in [1.82, 2.24) is 5.32 Å². The minimum absolute atomic E-state index is 0.432. The van der Waals surface area contributed by atoms with E-state index < -0.39 is 0 Å². The summed E-state index contributed by atoms with van der Waals surface area (Å²) in [5.74, 6) is 0.848. The number of nitrogens with zero attached hydrogens (tertiary/aromatic N) is 1. The molecule has 1 aromatic rings. The molecule has 1 aromatic carbocycles. The first-order valence-electron chi connectivity index (χ1n) is 8.37. The van der Waals surface area contributed by atoms with E-state index in [2.05, 4.69) is 55.4 Å². The molecule has 1 aliphatic carbocycles. The standard InChI is InChI=1S/C18H30N2O/c1-4-17(19-5-2)16-8-6-7-9-18(16)20(3)12-13-21-14-15-10-11-15/h6-9,15,17,19H,4-5,10-14H2,1-3H3. The van der Waals surface area contributed by atoms with Gasteiger partial charge in [-0.1, -0.05) is 32.0 Å². The van der Waals surface area contributed by atoms with Gasteiger partial charge in [0.15, 0.2) is 0 Å². The summed E-state index contributed by atoms with van der Waals surface area (Å²) in [5.41, 5.74) is 2.71. The maximum absolute atomic E-state index is 5.77. The van der Waals surface area contributed by atoms with Gasteiger partial charge in [-0.15, -0.1) is 0 Å². The van der Waals surface area contributed by atoms with Crippen LogP contribution in [0.5, 0.6) is 0 Å². The third-order valence-corrected chi connectivity index (χ3v) is 4.20. The lowest BCUT2D eigenvalue weighted by Gasteiger charge is -2.26. The van der Waals surface area contributed by atoms with Crippen LogP contribution in [0, 0.1) is 5.92 Å². The maximum Gasteiger partial charge on any atom is 0.0641 e. The lowest BCUT2D eigenvalue weighted by atomic mass is 10.0. The Balaban J connectivity index is 1.92. The molecule has 1 fully saturated rings. The topological polar surface area (TPSA) is 24.5 Å². The molecule has 1 saturated carbocycles. The monoisotopic (exact) mass is 290 g/mol. The Morgan fingerprint density at radius 1 is 1.29 bits per heavy atom. The first-order chi connectivity index (χ1) is 10.3. The van der Waals surface area contributed by atoms with Crippen molar-refractivity contribution in [2.45, 2.75) is 39.2 Å². The van der Waals surface area contributed by atoms with Crippen LogP contribution in [-0.2, 0) is 4.74 Å². The quantitative estimate of drug-likeness (QED) is 0.666. The molecule has 0 bridgehead atoms. The van der Waals surface area contributed by atoms with Gasteiger partial charge in [-0.2, -0.15) is 0 Å². The zero-order valence-corrected chi connectivity index (χ0v) is 13.8. The summed E-state index contributed by atoms with van der Waals surface area (Å²) in [6, 6.07) is 9.15. The van der Waals surface area contributed by atoms with Gasteiger partial charge in [-0.3, -0.25) is 0 Å². The minimum atomic E-state index is 0.432. The van der Waals surface area contributed by atoms with Crippen LogP contribution in [0.15, 0.2) is 24.3 Å². The van der Waals surface area contributed by atoms with Crippen LogP contribution in [0.4, 0.5) is 5.69 Å². The molecule has 0 aromatic heterocycles. The van der Waals surface area contributed by atoms with E-state index in [4.69, 9.17) is 4.74 Å². The highest BCUT2D eigenvalue weighted by atomic mass is 16.5. The van der Waals surface area contributed by atoms with Crippen LogP contribution in [0.25, 0.3) is 0 Å². The number of benzene rings is 1. The lowest BCUT2D eigenvalue weighted by Crippen LogP contribution is -2.27. The van der Waals surface area contributed by atoms with E-state index in [1.807, 2.05) is 0 Å². The molecular weight excluding hydrogens is 260 g/mol. The molecule has 21 heavy (non-hydrogen) atoms. The van der Waals surface area contributed by atoms with Crippen molar-refractivity contribution >= 4 is 5.69 Å². The molecule has 0 radical (unpaired) electrons. The van der Waals surface area contributed by atoms with E-state index in [0.29, 0.717) is 6.04 Å². The summed E-state index contributed by atoms with van der Waals surface area (Å²) in [6.45, 7) is 8.13. The molecule has 118 valence electrons. The molecule has 1 N–H and O–H groups in total. The van der Waals surface area contributed by atoms with E-state index in [9.17, 15) is 0 Å². The highest BCUT2D eigenvalue weighted by Crippen LogP contribution is 2.29. The Morgan fingerprint density at radius 3 is 2.71 bits per heavy atom. The largest absolute Gasteiger partial charge is 0.379 e. The van der Waals surface area contributed by atoms with Crippen molar-refractivity contribution in [2.24, 2.45) is 5.92 Å². The second kappa shape index (κ2) is 8.40. The number of hydrogen-bond acceptors (Lipinski definition) is 3. The Morgan fingerprint density at radius 2 is 2.05 bits per heavy atom. The number of rotatable bonds is 10. The lowest BCUT2D eigenvalue weighted by molar-refractivity contribution is 0.131. The highest BCUT2D eigenvalue weighted by Gasteiger charge is 2.21. The maximum atomic E-state index is 5.77. The predicted molar refractivity (Wildman–Crippen MR) is 90.0 cm³/mol. The van der Waals surface area contributed by atoms with Gasteiger partial charge in [0.05, 0.1) is 6.61 Å². The molecule has 2 rings (SSSR count). The van der Waals surface area contributed by atoms with E-state index in [0.717, 1.165) is 38.6 Å². The Labute approximate surface area is 129 Å². The normalized spacial score (nSPS) is 16.0. The average molecular weight is 290 g/mol. The predicted octanol–water partition coefficient (Wildman–Crippen LogP) is 3.61. The van der Waals surface area contributed by atoms with E-state index in [1.54, 1.807) is 0 Å². The van der Waals surface area contributed by atoms with Crippen LogP contribution in [0.2, 0.25) is 0 Å². The number of likely N-dealkylation sites (N-methyl/N-ethyl adjacent to an activating group) is 1. The van der Waals surface area contributed by atoms with Crippen LogP contribution in [0.1, 0.15) is 44.7 Å². The van der Waals surface area contributed by atoms with E-state index in [-0.39, 0.29) is 0 Å². The number of nitrogens with one attached hydrogen (secondary N) is 1. The second-order valence-electron chi connectivity index (χ2n) is 6.02. The molecule has 3 heteroatoms. The fourth-order valence-electron chi connectivity index (χ4n) is 2.71. The Hall–Kier alpha value is -1.06. The van der Waals surface area contributed by atoms with Gasteiger partial charge in [-0.25, -0.2) is 0 Å². The van der Waals surface area contributed by atoms with Gasteiger partial charge in [-0.05, 0) is 43.4 Å². The van der Waals surface area contributed by atoms with Crippen LogP contribution >= 0.6 is 0 Å². The highest BCUT2D eigenvalue weighted by molar-refractivity contribution is 5.54. The zero-order chi connectivity index (χ0) is 15.1. The second-order valence-corrected chi connectivity index (χ2v) is 6.02. The van der Waals surface area contributed by atoms with Crippen LogP contribution in [-0.4, -0.2) is 33.4 Å². The first-order valence-corrected chi connectivity index (χ1v) is 8.37. The van der Waals surface area contributed by atoms with Crippen molar-refractivity contribution in [1.29, 1.82) is 0 Å². The summed E-state index contributed by atoms with van der Waals surface area (Å²) in [4.78, 5) is 2.32. The third-order valence-electron chi connectivity index (χ3n) is 4.20. The van der Waals surface area contributed by atoms with Gasteiger partial charge < -0.3 is 15.0 Å². The summed E-state index contributed by atoms with van der Waals surface area (Å²) in [6.07, 6.45) is 3.83. The van der Waals surface area contributed by atoms with Crippen molar-refractivity contribution in [3.05, 3.63) is 29.8 Å². The number of para-hydroxylation sites is 1. The minimum Gasteiger partial charge on any atom is -0.379 e. The van der Waals surface area contributed by atoms with Crippen LogP contribution < -0.4 is 10.2 Å². The molecule has 1 atom stereocenters. The smallest absolute Gasteiger partial charge is 0.0641 e. The summed E-state index contributed by atoms with van der Waals surface area (Å²) in [5, 5.41) is 3.58. The zero-order valence-electron chi connectivity index (χ0n) is 13.8. The first kappa shape index (κ1) is 16.3. The molecule has 3 nitrogen and oxygen atoms in total. The van der Waals surface area contributed by atoms with Crippen LogP contribution in [0.3, 0.4) is 0 Å². The number of ether oxygens (including phenoxy) is 1. The molecular formula is C18H30N2O. The van der Waals surface area contributed by atoms with Gasteiger partial charge in [0.2, 0.25) is 0 Å². The number of hydrogen-bond donors (Lipinski definition) is 1. The fraction of sp³-hybridized carbons (Fsp3) is 0.667. The summed E-state index contributed by atoms with van der Waals surface area (Å²) >= 11 is 0. The number of anilines is 1. The van der Waals surface area contributed by atoms with Gasteiger partial charge in [0, 0.05) is 31.9 Å². The SMILES string of the molecule is CCNC(CC)c1ccccc1N(C)CCOCC1CC1. The Bertz CT molecular complexity index is 417. The molecule has 0 spiro atoms. The average Bonchev–Trinajstić information content (AvgIpc) is 3.33. The molecule has 0 amide bonds. The fourth-order valence-corrected chi connectivity index (χ4v) is 2.71. The van der Waals surface area contributed by atoms with E-state index in [1.165, 1.54) is 24.1 Å². The van der Waals surface area contributed by atoms with Gasteiger partial charge in [0.25, 0.3) is 0 Å². The summed E-state index contributed by atoms with van der Waals surface area (Å²) < 4.78 is 5.77. The molecule has 0 heterocycles. The summed E-state index contributed by atoms with van der Waals surface area (Å²) in [7, 11) is 2.16. The molecule has 1 aliphatic rings. The third kappa shape index (κ3) is 5.01. The molecule has 0 aliphatic heterocycles. The van der Waals surface area contributed by atoms with Crippen molar-refractivity contribution in [2.75, 3.05) is 38.3 Å². The van der Waals surface area contributed by atoms with Crippen molar-refractivity contribution in [3.8, 4) is 0 Å². The van der Waals surface area contributed by atoms with Crippen molar-refractivity contribution in [3.63, 3.8) is 0 Å². The molecule has 1 unspecified atom stereocenters. The van der Waals surface area contributed by atoms with Crippen molar-refractivity contribution < 1.29 is 4.74 Å².